The monoisotopic (exact) mass is 382 g/mol. The highest BCUT2D eigenvalue weighted by atomic mass is 32.1. The molecule has 0 radical (unpaired) electrons. The number of carbonyl (C=O) groups is 1. The molecule has 3 heterocycles. The summed E-state index contributed by atoms with van der Waals surface area (Å²) in [5.41, 5.74) is 0.982. The van der Waals surface area contributed by atoms with Crippen molar-refractivity contribution in [3.63, 3.8) is 0 Å². The van der Waals surface area contributed by atoms with E-state index in [4.69, 9.17) is 4.98 Å². The molecule has 0 N–H and O–H groups in total. The number of thiophene rings is 1. The Morgan fingerprint density at radius 1 is 1.12 bits per heavy atom. The minimum atomic E-state index is -0.276. The van der Waals surface area contributed by atoms with Crippen LogP contribution >= 0.6 is 22.7 Å². The number of para-hydroxylation sites is 1. The Hall–Kier alpha value is -2.31. The quantitative estimate of drug-likeness (QED) is 0.450. The summed E-state index contributed by atoms with van der Waals surface area (Å²) >= 11 is 3.02. The lowest BCUT2D eigenvalue weighted by atomic mass is 10.2. The fourth-order valence-corrected chi connectivity index (χ4v) is 5.72. The average Bonchev–Trinajstić information content (AvgIpc) is 3.37. The Bertz CT molecular complexity index is 1100. The van der Waals surface area contributed by atoms with E-state index in [9.17, 15) is 9.18 Å². The predicted molar refractivity (Wildman–Crippen MR) is 104 cm³/mol. The molecular formula is C20H15FN2OS2. The zero-order valence-corrected chi connectivity index (χ0v) is 15.4. The van der Waals surface area contributed by atoms with E-state index in [2.05, 4.69) is 6.07 Å². The predicted octanol–water partition coefficient (Wildman–Crippen LogP) is 5.63. The summed E-state index contributed by atoms with van der Waals surface area (Å²) in [7, 11) is 0. The number of amides is 1. The number of hydrogen-bond acceptors (Lipinski definition) is 4. The lowest BCUT2D eigenvalue weighted by molar-refractivity contribution is 0.0740. The van der Waals surface area contributed by atoms with Crippen molar-refractivity contribution in [1.82, 2.24) is 9.88 Å². The molecule has 130 valence electrons. The van der Waals surface area contributed by atoms with Crippen molar-refractivity contribution in [2.24, 2.45) is 0 Å². The second kappa shape index (κ2) is 6.14. The number of benzene rings is 2. The van der Waals surface area contributed by atoms with Crippen LogP contribution in [-0.4, -0.2) is 22.3 Å². The average molecular weight is 382 g/mol. The number of thiazole rings is 1. The van der Waals surface area contributed by atoms with E-state index in [0.29, 0.717) is 10.3 Å². The molecular weight excluding hydrogens is 367 g/mol. The van der Waals surface area contributed by atoms with Crippen molar-refractivity contribution >= 4 is 48.9 Å². The number of aromatic nitrogens is 1. The molecule has 0 spiro atoms. The van der Waals surface area contributed by atoms with E-state index < -0.39 is 0 Å². The summed E-state index contributed by atoms with van der Waals surface area (Å²) in [6.07, 6.45) is 1.89. The summed E-state index contributed by atoms with van der Waals surface area (Å²) in [5, 5.41) is 1.51. The van der Waals surface area contributed by atoms with Gasteiger partial charge >= 0.3 is 0 Å². The molecule has 26 heavy (non-hydrogen) atoms. The Balaban J connectivity index is 1.51. The number of rotatable bonds is 2. The van der Waals surface area contributed by atoms with Crippen LogP contribution in [0.5, 0.6) is 0 Å². The molecule has 1 atom stereocenters. The summed E-state index contributed by atoms with van der Waals surface area (Å²) in [6, 6.07) is 14.7. The van der Waals surface area contributed by atoms with Gasteiger partial charge in [-0.1, -0.05) is 18.2 Å². The third-order valence-electron chi connectivity index (χ3n) is 4.83. The molecule has 3 nitrogen and oxygen atoms in total. The standard InChI is InChI=1S/C20H15FN2OS2/c21-13-5-3-9-16-12(13)11-18(25-16)20(24)23-10-4-7-15(23)19-22-14-6-1-2-8-17(14)26-19/h1-3,5-6,8-9,11,15H,4,7,10H2. The Morgan fingerprint density at radius 3 is 2.81 bits per heavy atom. The fourth-order valence-electron chi connectivity index (χ4n) is 3.57. The first-order valence-electron chi connectivity index (χ1n) is 8.55. The van der Waals surface area contributed by atoms with E-state index >= 15 is 0 Å². The number of likely N-dealkylation sites (tertiary alicyclic amines) is 1. The minimum absolute atomic E-state index is 0.00922. The molecule has 6 heteroatoms. The van der Waals surface area contributed by atoms with Crippen LogP contribution in [0.3, 0.4) is 0 Å². The number of carbonyl (C=O) groups excluding carboxylic acids is 1. The van der Waals surface area contributed by atoms with Crippen LogP contribution in [0.15, 0.2) is 48.5 Å². The van der Waals surface area contributed by atoms with Crippen LogP contribution in [0.2, 0.25) is 0 Å². The summed E-state index contributed by atoms with van der Waals surface area (Å²) in [6.45, 7) is 0.718. The maximum Gasteiger partial charge on any atom is 0.264 e. The van der Waals surface area contributed by atoms with Gasteiger partial charge in [0.25, 0.3) is 5.91 Å². The van der Waals surface area contributed by atoms with Gasteiger partial charge in [0.05, 0.1) is 21.1 Å². The van der Waals surface area contributed by atoms with Gasteiger partial charge < -0.3 is 4.90 Å². The molecule has 0 bridgehead atoms. The lowest BCUT2D eigenvalue weighted by Gasteiger charge is -2.22. The van der Waals surface area contributed by atoms with E-state index in [1.807, 2.05) is 29.2 Å². The molecule has 1 unspecified atom stereocenters. The maximum atomic E-state index is 14.0. The minimum Gasteiger partial charge on any atom is -0.328 e. The van der Waals surface area contributed by atoms with Crippen LogP contribution in [0.25, 0.3) is 20.3 Å². The molecule has 1 amide bonds. The topological polar surface area (TPSA) is 33.2 Å². The van der Waals surface area contributed by atoms with Gasteiger partial charge in [0.2, 0.25) is 0 Å². The van der Waals surface area contributed by atoms with Gasteiger partial charge in [0.15, 0.2) is 0 Å². The first kappa shape index (κ1) is 15.9. The highest BCUT2D eigenvalue weighted by Crippen LogP contribution is 2.38. The van der Waals surface area contributed by atoms with E-state index in [0.717, 1.165) is 39.3 Å². The largest absolute Gasteiger partial charge is 0.328 e. The maximum absolute atomic E-state index is 14.0. The molecule has 0 aliphatic carbocycles. The number of fused-ring (bicyclic) bond motifs is 2. The first-order valence-corrected chi connectivity index (χ1v) is 10.2. The molecule has 0 saturated carbocycles. The zero-order chi connectivity index (χ0) is 17.7. The van der Waals surface area contributed by atoms with Crippen LogP contribution in [0.1, 0.15) is 33.6 Å². The fraction of sp³-hybridized carbons (Fsp3) is 0.200. The second-order valence-corrected chi connectivity index (χ2v) is 8.58. The van der Waals surface area contributed by atoms with Gasteiger partial charge in [-0.05, 0) is 43.2 Å². The summed E-state index contributed by atoms with van der Waals surface area (Å²) < 4.78 is 15.9. The van der Waals surface area contributed by atoms with E-state index in [1.165, 1.54) is 17.4 Å². The van der Waals surface area contributed by atoms with Crippen LogP contribution < -0.4 is 0 Å². The van der Waals surface area contributed by atoms with Crippen molar-refractivity contribution in [2.75, 3.05) is 6.54 Å². The third-order valence-corrected chi connectivity index (χ3v) is 7.05. The normalized spacial score (nSPS) is 17.4. The van der Waals surface area contributed by atoms with Crippen molar-refractivity contribution in [3.05, 3.63) is 64.2 Å². The van der Waals surface area contributed by atoms with Gasteiger partial charge in [-0.25, -0.2) is 9.37 Å². The number of nitrogens with zero attached hydrogens (tertiary/aromatic N) is 2. The van der Waals surface area contributed by atoms with E-state index in [1.54, 1.807) is 23.5 Å². The number of hydrogen-bond donors (Lipinski definition) is 0. The molecule has 2 aromatic heterocycles. The van der Waals surface area contributed by atoms with Crippen LogP contribution in [0, 0.1) is 5.82 Å². The van der Waals surface area contributed by atoms with Crippen LogP contribution in [-0.2, 0) is 0 Å². The van der Waals surface area contributed by atoms with Crippen molar-refractivity contribution in [1.29, 1.82) is 0 Å². The summed E-state index contributed by atoms with van der Waals surface area (Å²) in [4.78, 5) is 20.4. The van der Waals surface area contributed by atoms with Gasteiger partial charge in [0, 0.05) is 16.6 Å². The molecule has 4 aromatic rings. The van der Waals surface area contributed by atoms with Crippen molar-refractivity contribution < 1.29 is 9.18 Å². The zero-order valence-electron chi connectivity index (χ0n) is 13.8. The van der Waals surface area contributed by atoms with Gasteiger partial charge in [-0.15, -0.1) is 22.7 Å². The van der Waals surface area contributed by atoms with E-state index in [-0.39, 0.29) is 17.8 Å². The summed E-state index contributed by atoms with van der Waals surface area (Å²) in [5.74, 6) is -0.297. The number of halogens is 1. The van der Waals surface area contributed by atoms with Gasteiger partial charge in [0.1, 0.15) is 10.8 Å². The highest BCUT2D eigenvalue weighted by Gasteiger charge is 2.33. The highest BCUT2D eigenvalue weighted by molar-refractivity contribution is 7.20. The van der Waals surface area contributed by atoms with Gasteiger partial charge in [-0.3, -0.25) is 4.79 Å². The second-order valence-electron chi connectivity index (χ2n) is 6.44. The molecule has 1 aliphatic heterocycles. The first-order chi connectivity index (χ1) is 12.7. The smallest absolute Gasteiger partial charge is 0.264 e. The molecule has 5 rings (SSSR count). The van der Waals surface area contributed by atoms with Crippen molar-refractivity contribution in [3.8, 4) is 0 Å². The Labute approximate surface area is 157 Å². The molecule has 1 aliphatic rings. The van der Waals surface area contributed by atoms with Gasteiger partial charge in [-0.2, -0.15) is 0 Å². The molecule has 1 fully saturated rings. The lowest BCUT2D eigenvalue weighted by Crippen LogP contribution is -2.29. The molecule has 1 saturated heterocycles. The molecule has 2 aromatic carbocycles. The SMILES string of the molecule is O=C(c1cc2c(F)cccc2s1)N1CCCC1c1nc2ccccc2s1. The Kier molecular flexibility index (Phi) is 3.76. The Morgan fingerprint density at radius 2 is 1.96 bits per heavy atom. The van der Waals surface area contributed by atoms with Crippen LogP contribution in [0.4, 0.5) is 4.39 Å². The third kappa shape index (κ3) is 2.52. The van der Waals surface area contributed by atoms with Crippen molar-refractivity contribution in [2.45, 2.75) is 18.9 Å².